The van der Waals surface area contributed by atoms with Crippen LogP contribution in [-0.4, -0.2) is 9.91 Å². The molecule has 0 bridgehead atoms. The predicted octanol–water partition coefficient (Wildman–Crippen LogP) is 3.76. The van der Waals surface area contributed by atoms with Crippen LogP contribution in [0.2, 0.25) is 5.15 Å². The molecule has 1 aromatic carbocycles. The zero-order valence-corrected chi connectivity index (χ0v) is 10.1. The van der Waals surface area contributed by atoms with Crippen molar-refractivity contribution in [3.63, 3.8) is 0 Å². The van der Waals surface area contributed by atoms with E-state index in [0.29, 0.717) is 11.1 Å². The lowest BCUT2D eigenvalue weighted by Crippen LogP contribution is -1.98. The molecule has 92 valence electrons. The van der Waals surface area contributed by atoms with Crippen molar-refractivity contribution in [3.05, 3.63) is 57.1 Å². The first-order chi connectivity index (χ1) is 8.52. The van der Waals surface area contributed by atoms with E-state index in [4.69, 9.17) is 11.6 Å². The molecule has 0 saturated carbocycles. The third-order valence-electron chi connectivity index (χ3n) is 2.61. The maximum absolute atomic E-state index is 13.7. The molecular formula is C12H8ClFN2O2. The monoisotopic (exact) mass is 266 g/mol. The minimum atomic E-state index is -0.616. The van der Waals surface area contributed by atoms with E-state index in [-0.39, 0.29) is 16.4 Å². The summed E-state index contributed by atoms with van der Waals surface area (Å²) >= 11 is 5.68. The van der Waals surface area contributed by atoms with Crippen molar-refractivity contribution in [1.29, 1.82) is 0 Å². The topological polar surface area (TPSA) is 56.0 Å². The van der Waals surface area contributed by atoms with Crippen LogP contribution in [0.1, 0.15) is 5.56 Å². The van der Waals surface area contributed by atoms with Gasteiger partial charge in [-0.3, -0.25) is 10.1 Å². The minimum Gasteiger partial charge on any atom is -0.258 e. The molecule has 0 saturated heterocycles. The Balaban J connectivity index is 2.71. The van der Waals surface area contributed by atoms with Gasteiger partial charge in [0.2, 0.25) is 5.15 Å². The zero-order chi connectivity index (χ0) is 13.3. The average Bonchev–Trinajstić information content (AvgIpc) is 2.30. The zero-order valence-electron chi connectivity index (χ0n) is 9.35. The number of hydrogen-bond acceptors (Lipinski definition) is 3. The summed E-state index contributed by atoms with van der Waals surface area (Å²) in [4.78, 5) is 14.0. The quantitative estimate of drug-likeness (QED) is 0.472. The second-order valence-corrected chi connectivity index (χ2v) is 4.03. The van der Waals surface area contributed by atoms with Crippen LogP contribution in [0.5, 0.6) is 0 Å². The maximum Gasteiger partial charge on any atom is 0.309 e. The molecule has 1 heterocycles. The van der Waals surface area contributed by atoms with Gasteiger partial charge in [-0.2, -0.15) is 0 Å². The number of nitrogens with zero attached hydrogens (tertiary/aromatic N) is 2. The molecular weight excluding hydrogens is 259 g/mol. The molecule has 0 radical (unpaired) electrons. The molecule has 0 N–H and O–H groups in total. The van der Waals surface area contributed by atoms with E-state index in [0.717, 1.165) is 0 Å². The van der Waals surface area contributed by atoms with Crippen molar-refractivity contribution in [2.24, 2.45) is 0 Å². The Morgan fingerprint density at radius 3 is 2.61 bits per heavy atom. The number of pyridine rings is 1. The largest absolute Gasteiger partial charge is 0.309 e. The molecule has 0 amide bonds. The SMILES string of the molecule is Cc1c(-c2ccccc2F)cnc(Cl)c1[N+](=O)[O-]. The summed E-state index contributed by atoms with van der Waals surface area (Å²) in [7, 11) is 0. The van der Waals surface area contributed by atoms with Gasteiger partial charge in [0, 0.05) is 22.9 Å². The number of benzene rings is 1. The number of halogens is 2. The molecule has 0 aliphatic heterocycles. The van der Waals surface area contributed by atoms with Gasteiger partial charge < -0.3 is 0 Å². The maximum atomic E-state index is 13.7. The predicted molar refractivity (Wildman–Crippen MR) is 66.0 cm³/mol. The normalized spacial score (nSPS) is 10.4. The van der Waals surface area contributed by atoms with Crippen LogP contribution in [0.3, 0.4) is 0 Å². The molecule has 2 rings (SSSR count). The third kappa shape index (κ3) is 2.04. The van der Waals surface area contributed by atoms with Crippen molar-refractivity contribution >= 4 is 17.3 Å². The van der Waals surface area contributed by atoms with Gasteiger partial charge in [0.05, 0.1) is 4.92 Å². The standard InChI is InChI=1S/C12H8ClFN2O2/c1-7-9(8-4-2-3-5-10(8)14)6-15-12(13)11(7)16(17)18/h2-6H,1H3. The molecule has 4 nitrogen and oxygen atoms in total. The first-order valence-electron chi connectivity index (χ1n) is 5.06. The van der Waals surface area contributed by atoms with Crippen molar-refractivity contribution in [2.75, 3.05) is 0 Å². The van der Waals surface area contributed by atoms with Gasteiger partial charge in [-0.25, -0.2) is 9.37 Å². The summed E-state index contributed by atoms with van der Waals surface area (Å²) in [5.41, 5.74) is 0.633. The first kappa shape index (κ1) is 12.4. The van der Waals surface area contributed by atoms with E-state index in [1.165, 1.54) is 25.3 Å². The second kappa shape index (κ2) is 4.70. The minimum absolute atomic E-state index is 0.197. The lowest BCUT2D eigenvalue weighted by molar-refractivity contribution is -0.385. The summed E-state index contributed by atoms with van der Waals surface area (Å²) in [5.74, 6) is -0.459. The molecule has 0 aliphatic rings. The molecule has 6 heteroatoms. The highest BCUT2D eigenvalue weighted by Gasteiger charge is 2.22. The fourth-order valence-electron chi connectivity index (χ4n) is 1.72. The molecule has 0 atom stereocenters. The Bertz CT molecular complexity index is 631. The second-order valence-electron chi connectivity index (χ2n) is 3.67. The van der Waals surface area contributed by atoms with Crippen LogP contribution in [0.15, 0.2) is 30.5 Å². The van der Waals surface area contributed by atoms with Gasteiger partial charge in [0.15, 0.2) is 0 Å². The molecule has 0 unspecified atom stereocenters. The van der Waals surface area contributed by atoms with Crippen LogP contribution in [0, 0.1) is 22.9 Å². The van der Waals surface area contributed by atoms with Crippen molar-refractivity contribution in [1.82, 2.24) is 4.98 Å². The Kier molecular flexibility index (Phi) is 3.25. The van der Waals surface area contributed by atoms with E-state index in [1.807, 2.05) is 0 Å². The Hall–Kier alpha value is -2.01. The van der Waals surface area contributed by atoms with Crippen LogP contribution in [-0.2, 0) is 0 Å². The fraction of sp³-hybridized carbons (Fsp3) is 0.0833. The number of nitro groups is 1. The molecule has 0 aliphatic carbocycles. The average molecular weight is 267 g/mol. The Labute approximate surface area is 107 Å². The Morgan fingerprint density at radius 2 is 2.00 bits per heavy atom. The molecule has 2 aromatic rings. The number of rotatable bonds is 2. The van der Waals surface area contributed by atoms with E-state index in [2.05, 4.69) is 4.98 Å². The van der Waals surface area contributed by atoms with E-state index in [9.17, 15) is 14.5 Å². The van der Waals surface area contributed by atoms with Gasteiger partial charge in [0.1, 0.15) is 5.82 Å². The van der Waals surface area contributed by atoms with E-state index >= 15 is 0 Å². The number of hydrogen-bond donors (Lipinski definition) is 0. The van der Waals surface area contributed by atoms with E-state index in [1.54, 1.807) is 12.1 Å². The van der Waals surface area contributed by atoms with Crippen LogP contribution >= 0.6 is 11.6 Å². The molecule has 18 heavy (non-hydrogen) atoms. The van der Waals surface area contributed by atoms with Crippen molar-refractivity contribution < 1.29 is 9.31 Å². The first-order valence-corrected chi connectivity index (χ1v) is 5.44. The van der Waals surface area contributed by atoms with Gasteiger partial charge in [0.25, 0.3) is 0 Å². The van der Waals surface area contributed by atoms with Crippen LogP contribution in [0.4, 0.5) is 10.1 Å². The smallest absolute Gasteiger partial charge is 0.258 e. The highest BCUT2D eigenvalue weighted by atomic mass is 35.5. The van der Waals surface area contributed by atoms with Crippen LogP contribution < -0.4 is 0 Å². The van der Waals surface area contributed by atoms with Gasteiger partial charge in [-0.15, -0.1) is 0 Å². The summed E-state index contributed by atoms with van der Waals surface area (Å²) in [6.07, 6.45) is 1.34. The Morgan fingerprint density at radius 1 is 1.33 bits per heavy atom. The lowest BCUT2D eigenvalue weighted by Gasteiger charge is -2.07. The highest BCUT2D eigenvalue weighted by Crippen LogP contribution is 2.34. The van der Waals surface area contributed by atoms with Gasteiger partial charge in [-0.1, -0.05) is 29.8 Å². The molecule has 1 aromatic heterocycles. The van der Waals surface area contributed by atoms with Crippen molar-refractivity contribution in [2.45, 2.75) is 6.92 Å². The van der Waals surface area contributed by atoms with Gasteiger partial charge in [-0.05, 0) is 13.0 Å². The molecule has 0 fully saturated rings. The summed E-state index contributed by atoms with van der Waals surface area (Å²) in [5, 5.41) is 10.7. The molecule has 0 spiro atoms. The summed E-state index contributed by atoms with van der Waals surface area (Å²) < 4.78 is 13.7. The highest BCUT2D eigenvalue weighted by molar-refractivity contribution is 6.31. The summed E-state index contributed by atoms with van der Waals surface area (Å²) in [6.45, 7) is 1.52. The van der Waals surface area contributed by atoms with Gasteiger partial charge >= 0.3 is 5.69 Å². The van der Waals surface area contributed by atoms with E-state index < -0.39 is 10.7 Å². The number of aromatic nitrogens is 1. The fourth-order valence-corrected chi connectivity index (χ4v) is 1.98. The van der Waals surface area contributed by atoms with Crippen molar-refractivity contribution in [3.8, 4) is 11.1 Å². The lowest BCUT2D eigenvalue weighted by atomic mass is 10.0. The summed E-state index contributed by atoms with van der Waals surface area (Å²) in [6, 6.07) is 6.02. The third-order valence-corrected chi connectivity index (χ3v) is 2.88. The van der Waals surface area contributed by atoms with Crippen LogP contribution in [0.25, 0.3) is 11.1 Å².